The Bertz CT molecular complexity index is 875. The Morgan fingerprint density at radius 2 is 1.87 bits per heavy atom. The minimum absolute atomic E-state index is 0.0908. The van der Waals surface area contributed by atoms with E-state index in [1.54, 1.807) is 18.5 Å². The molecule has 23 heavy (non-hydrogen) atoms. The predicted octanol–water partition coefficient (Wildman–Crippen LogP) is 1.86. The molecule has 0 saturated heterocycles. The lowest BCUT2D eigenvalue weighted by atomic mass is 10.1. The Morgan fingerprint density at radius 3 is 2.39 bits per heavy atom. The Kier molecular flexibility index (Phi) is 4.93. The molecule has 7 nitrogen and oxygen atoms in total. The molecule has 2 aromatic rings. The van der Waals surface area contributed by atoms with Crippen molar-refractivity contribution in [2.24, 2.45) is 13.0 Å². The molecule has 0 aliphatic carbocycles. The molecule has 2 aromatic heterocycles. The third-order valence-electron chi connectivity index (χ3n) is 4.04. The first-order valence-electron chi connectivity index (χ1n) is 7.54. The number of Topliss-reactive ketones (excluding diaryl/α,β-unsaturated/α-hetero) is 1. The summed E-state index contributed by atoms with van der Waals surface area (Å²) in [7, 11) is 1.58. The summed E-state index contributed by atoms with van der Waals surface area (Å²) >= 11 is 3.29. The average molecular weight is 385 g/mol. The fourth-order valence-electron chi connectivity index (χ4n) is 2.43. The van der Waals surface area contributed by atoms with Gasteiger partial charge in [-0.15, -0.1) is 0 Å². The fraction of sp³-hybridized carbons (Fsp3) is 0.600. The van der Waals surface area contributed by atoms with Crippen LogP contribution in [-0.4, -0.2) is 24.5 Å². The lowest BCUT2D eigenvalue weighted by molar-refractivity contribution is -0.119. The van der Waals surface area contributed by atoms with Gasteiger partial charge in [0.05, 0.1) is 6.04 Å². The number of aryl methyl sites for hydroxylation is 1. The lowest BCUT2D eigenvalue weighted by Gasteiger charge is -2.14. The van der Waals surface area contributed by atoms with Crippen molar-refractivity contribution in [3.63, 3.8) is 0 Å². The zero-order valence-corrected chi connectivity index (χ0v) is 15.5. The molecule has 0 radical (unpaired) electrons. The molecule has 0 saturated carbocycles. The van der Waals surface area contributed by atoms with Crippen LogP contribution in [0, 0.1) is 5.92 Å². The Morgan fingerprint density at radius 1 is 1.26 bits per heavy atom. The predicted molar refractivity (Wildman–Crippen MR) is 91.8 cm³/mol. The number of hydrogen-bond donors (Lipinski definition) is 0. The Labute approximate surface area is 142 Å². The van der Waals surface area contributed by atoms with E-state index >= 15 is 0 Å². The standard InChI is InChI=1S/C15H21BrN4O3/c1-8(2)6-7-19-13(22)11-12(18(5)15(19)23)17-14(16)20(11)9(3)10(4)21/h8-9H,6-7H2,1-5H3/t9-/m0/s1. The second-order valence-electron chi connectivity index (χ2n) is 6.19. The molecule has 2 heterocycles. The molecule has 0 aliphatic heterocycles. The topological polar surface area (TPSA) is 78.9 Å². The molecule has 0 spiro atoms. The van der Waals surface area contributed by atoms with Crippen molar-refractivity contribution in [1.29, 1.82) is 0 Å². The maximum Gasteiger partial charge on any atom is 0.332 e. The van der Waals surface area contributed by atoms with Crippen molar-refractivity contribution in [2.45, 2.75) is 46.7 Å². The number of aromatic nitrogens is 4. The molecule has 0 N–H and O–H groups in total. The molecule has 0 unspecified atom stereocenters. The van der Waals surface area contributed by atoms with Gasteiger partial charge in [0, 0.05) is 13.6 Å². The first-order valence-corrected chi connectivity index (χ1v) is 8.33. The van der Waals surface area contributed by atoms with Crippen LogP contribution in [0.25, 0.3) is 11.2 Å². The maximum absolute atomic E-state index is 12.8. The Hall–Kier alpha value is -1.70. The molecule has 0 bridgehead atoms. The van der Waals surface area contributed by atoms with E-state index < -0.39 is 17.3 Å². The number of rotatable bonds is 5. The van der Waals surface area contributed by atoms with Crippen LogP contribution in [0.1, 0.15) is 40.2 Å². The number of fused-ring (bicyclic) bond motifs is 1. The van der Waals surface area contributed by atoms with Crippen LogP contribution in [0.15, 0.2) is 14.3 Å². The minimum atomic E-state index is -0.543. The van der Waals surface area contributed by atoms with Gasteiger partial charge in [0.15, 0.2) is 21.7 Å². The monoisotopic (exact) mass is 384 g/mol. The third kappa shape index (κ3) is 3.04. The number of imidazole rings is 1. The molecular formula is C15H21BrN4O3. The summed E-state index contributed by atoms with van der Waals surface area (Å²) in [6.45, 7) is 7.58. The summed E-state index contributed by atoms with van der Waals surface area (Å²) in [5, 5.41) is 0. The quantitative estimate of drug-likeness (QED) is 0.736. The van der Waals surface area contributed by atoms with Gasteiger partial charge in [-0.25, -0.2) is 9.78 Å². The summed E-state index contributed by atoms with van der Waals surface area (Å²) in [5.41, 5.74) is -0.253. The number of hydrogen-bond acceptors (Lipinski definition) is 4. The SMILES string of the molecule is CC(=O)[C@H](C)n1c(Br)nc2c1c(=O)n(CCC(C)C)c(=O)n2C. The average Bonchev–Trinajstić information content (AvgIpc) is 2.81. The summed E-state index contributed by atoms with van der Waals surface area (Å²) in [5.74, 6) is 0.280. The van der Waals surface area contributed by atoms with E-state index in [-0.39, 0.29) is 16.9 Å². The minimum Gasteiger partial charge on any atom is -0.302 e. The van der Waals surface area contributed by atoms with Crippen molar-refractivity contribution in [1.82, 2.24) is 18.7 Å². The van der Waals surface area contributed by atoms with Gasteiger partial charge < -0.3 is 4.57 Å². The molecule has 0 aromatic carbocycles. The van der Waals surface area contributed by atoms with Gasteiger partial charge in [-0.05, 0) is 42.1 Å². The smallest absolute Gasteiger partial charge is 0.302 e. The van der Waals surface area contributed by atoms with Gasteiger partial charge in [-0.3, -0.25) is 18.7 Å². The largest absolute Gasteiger partial charge is 0.332 e. The van der Waals surface area contributed by atoms with E-state index in [4.69, 9.17) is 0 Å². The van der Waals surface area contributed by atoms with Crippen LogP contribution in [0.4, 0.5) is 0 Å². The third-order valence-corrected chi connectivity index (χ3v) is 4.60. The van der Waals surface area contributed by atoms with Gasteiger partial charge in [0.25, 0.3) is 5.56 Å². The van der Waals surface area contributed by atoms with Crippen LogP contribution < -0.4 is 11.2 Å². The lowest BCUT2D eigenvalue weighted by Crippen LogP contribution is -2.40. The molecule has 2 rings (SSSR count). The number of halogens is 1. The zero-order valence-electron chi connectivity index (χ0n) is 14.0. The number of carbonyl (C=O) groups excluding carboxylic acids is 1. The highest BCUT2D eigenvalue weighted by Gasteiger charge is 2.23. The van der Waals surface area contributed by atoms with Crippen molar-refractivity contribution in [2.75, 3.05) is 0 Å². The van der Waals surface area contributed by atoms with Gasteiger partial charge in [0.1, 0.15) is 0 Å². The fourth-order valence-corrected chi connectivity index (χ4v) is 3.09. The molecule has 0 amide bonds. The van der Waals surface area contributed by atoms with Gasteiger partial charge in [-0.2, -0.15) is 0 Å². The summed E-state index contributed by atoms with van der Waals surface area (Å²) in [6.07, 6.45) is 0.720. The van der Waals surface area contributed by atoms with Crippen molar-refractivity contribution >= 4 is 32.9 Å². The first kappa shape index (κ1) is 17.7. The molecule has 0 aliphatic rings. The van der Waals surface area contributed by atoms with E-state index in [0.29, 0.717) is 17.2 Å². The van der Waals surface area contributed by atoms with Crippen molar-refractivity contribution in [3.05, 3.63) is 25.6 Å². The highest BCUT2D eigenvalue weighted by Crippen LogP contribution is 2.22. The van der Waals surface area contributed by atoms with Crippen molar-refractivity contribution < 1.29 is 4.79 Å². The van der Waals surface area contributed by atoms with Crippen LogP contribution >= 0.6 is 15.9 Å². The van der Waals surface area contributed by atoms with E-state index in [9.17, 15) is 14.4 Å². The van der Waals surface area contributed by atoms with Gasteiger partial charge >= 0.3 is 5.69 Å². The van der Waals surface area contributed by atoms with Crippen LogP contribution in [0.3, 0.4) is 0 Å². The molecule has 126 valence electrons. The maximum atomic E-state index is 12.8. The number of ketones is 1. The summed E-state index contributed by atoms with van der Waals surface area (Å²) in [6, 6.07) is -0.543. The van der Waals surface area contributed by atoms with Crippen LogP contribution in [0.2, 0.25) is 0 Å². The number of carbonyl (C=O) groups is 1. The van der Waals surface area contributed by atoms with E-state index in [0.717, 1.165) is 6.42 Å². The zero-order chi connectivity index (χ0) is 17.5. The van der Waals surface area contributed by atoms with E-state index in [1.807, 2.05) is 13.8 Å². The highest BCUT2D eigenvalue weighted by molar-refractivity contribution is 9.10. The summed E-state index contributed by atoms with van der Waals surface area (Å²) < 4.78 is 4.49. The Balaban J connectivity index is 2.82. The molecule has 0 fully saturated rings. The molecule has 1 atom stereocenters. The second-order valence-corrected chi connectivity index (χ2v) is 6.90. The van der Waals surface area contributed by atoms with Crippen LogP contribution in [0.5, 0.6) is 0 Å². The number of nitrogens with zero attached hydrogens (tertiary/aromatic N) is 4. The normalized spacial score (nSPS) is 13.0. The van der Waals surface area contributed by atoms with E-state index in [2.05, 4.69) is 20.9 Å². The highest BCUT2D eigenvalue weighted by atomic mass is 79.9. The van der Waals surface area contributed by atoms with Gasteiger partial charge in [0.2, 0.25) is 0 Å². The molecule has 8 heteroatoms. The second kappa shape index (κ2) is 6.43. The van der Waals surface area contributed by atoms with E-state index in [1.165, 1.54) is 16.1 Å². The van der Waals surface area contributed by atoms with Gasteiger partial charge in [-0.1, -0.05) is 13.8 Å². The van der Waals surface area contributed by atoms with Crippen molar-refractivity contribution in [3.8, 4) is 0 Å². The summed E-state index contributed by atoms with van der Waals surface area (Å²) in [4.78, 5) is 41.3. The van der Waals surface area contributed by atoms with Crippen LogP contribution in [-0.2, 0) is 18.4 Å². The molecular weight excluding hydrogens is 364 g/mol. The first-order chi connectivity index (χ1) is 10.7.